The van der Waals surface area contributed by atoms with Crippen LogP contribution in [0.4, 0.5) is 26.2 Å². The zero-order chi connectivity index (χ0) is 25.8. The second-order valence-corrected chi connectivity index (χ2v) is 9.29. The molecular weight excluding hydrogens is 499 g/mol. The Labute approximate surface area is 219 Å². The number of rotatable bonds is 6. The molecule has 2 heterocycles. The predicted molar refractivity (Wildman–Crippen MR) is 142 cm³/mol. The maximum atomic E-state index is 13.4. The number of hydrogen-bond acceptors (Lipinski definition) is 6. The Bertz CT molecular complexity index is 1270. The highest BCUT2D eigenvalue weighted by atomic mass is 35.5. The number of methoxy groups -OCH3 is 1. The summed E-state index contributed by atoms with van der Waals surface area (Å²) in [5.74, 6) is 1.76. The van der Waals surface area contributed by atoms with Crippen molar-refractivity contribution in [2.24, 2.45) is 0 Å². The van der Waals surface area contributed by atoms with Crippen molar-refractivity contribution >= 4 is 34.7 Å². The van der Waals surface area contributed by atoms with E-state index in [1.807, 2.05) is 36.4 Å². The largest absolute Gasteiger partial charge is 0.495 e. The number of fused-ring (bicyclic) bond motifs is 1. The quantitative estimate of drug-likeness (QED) is 0.466. The molecule has 2 aliphatic heterocycles. The standard InChI is InChI=1S/C27H28ClFN4O4/c1-35-24-9-7-19(31-27(34)30-18-6-8-22(29)21(28)14-18)15-23(24)33-12-10-32(11-13-33)16-20-17-36-25-4-2-3-5-26(25)37-20/h2-9,14-15,20H,10-13,16-17H2,1H3,(H2,30,31,34). The van der Waals surface area contributed by atoms with E-state index in [-0.39, 0.29) is 11.1 Å². The average molecular weight is 527 g/mol. The SMILES string of the molecule is COc1ccc(NC(=O)Nc2ccc(F)c(Cl)c2)cc1N1CCN(CC2COc3ccccc3O2)CC1. The van der Waals surface area contributed by atoms with E-state index in [9.17, 15) is 9.18 Å². The summed E-state index contributed by atoms with van der Waals surface area (Å²) in [6.07, 6.45) is -0.0157. The Morgan fingerprint density at radius 3 is 2.46 bits per heavy atom. The van der Waals surface area contributed by atoms with Crippen LogP contribution in [0.1, 0.15) is 0 Å². The number of anilines is 3. The third kappa shape index (κ3) is 6.00. The van der Waals surface area contributed by atoms with Gasteiger partial charge in [0, 0.05) is 44.1 Å². The zero-order valence-corrected chi connectivity index (χ0v) is 21.1. The van der Waals surface area contributed by atoms with Crippen molar-refractivity contribution in [1.82, 2.24) is 4.90 Å². The summed E-state index contributed by atoms with van der Waals surface area (Å²) < 4.78 is 30.9. The molecule has 3 aromatic carbocycles. The molecule has 8 nitrogen and oxygen atoms in total. The fraction of sp³-hybridized carbons (Fsp3) is 0.296. The molecule has 1 unspecified atom stereocenters. The van der Waals surface area contributed by atoms with Gasteiger partial charge in [-0.15, -0.1) is 0 Å². The van der Waals surface area contributed by atoms with Crippen molar-refractivity contribution in [2.45, 2.75) is 6.10 Å². The van der Waals surface area contributed by atoms with Gasteiger partial charge in [0.15, 0.2) is 11.5 Å². The molecule has 2 aliphatic rings. The number of piperazine rings is 1. The summed E-state index contributed by atoms with van der Waals surface area (Å²) in [7, 11) is 1.63. The Hall–Kier alpha value is -3.69. The molecular formula is C27H28ClFN4O4. The minimum Gasteiger partial charge on any atom is -0.495 e. The number of carbonyl (C=O) groups is 1. The van der Waals surface area contributed by atoms with E-state index in [4.69, 9.17) is 25.8 Å². The number of hydrogen-bond donors (Lipinski definition) is 2. The number of nitrogens with zero attached hydrogens (tertiary/aromatic N) is 2. The third-order valence-electron chi connectivity index (χ3n) is 6.36. The number of amides is 2. The molecule has 0 aliphatic carbocycles. The Kier molecular flexibility index (Phi) is 7.52. The van der Waals surface area contributed by atoms with Gasteiger partial charge >= 0.3 is 6.03 Å². The second-order valence-electron chi connectivity index (χ2n) is 8.88. The highest BCUT2D eigenvalue weighted by Crippen LogP contribution is 2.33. The molecule has 2 amide bonds. The fourth-order valence-electron chi connectivity index (χ4n) is 4.49. The van der Waals surface area contributed by atoms with Crippen molar-refractivity contribution in [2.75, 3.05) is 62.0 Å². The molecule has 0 aromatic heterocycles. The van der Waals surface area contributed by atoms with Gasteiger partial charge in [0.05, 0.1) is 17.8 Å². The highest BCUT2D eigenvalue weighted by molar-refractivity contribution is 6.31. The molecule has 3 aromatic rings. The molecule has 1 atom stereocenters. The summed E-state index contributed by atoms with van der Waals surface area (Å²) in [4.78, 5) is 17.1. The van der Waals surface area contributed by atoms with Gasteiger partial charge in [0.1, 0.15) is 24.3 Å². The van der Waals surface area contributed by atoms with Crippen molar-refractivity contribution in [3.63, 3.8) is 0 Å². The molecule has 0 saturated carbocycles. The number of para-hydroxylation sites is 2. The fourth-order valence-corrected chi connectivity index (χ4v) is 4.68. The number of carbonyl (C=O) groups excluding carboxylic acids is 1. The zero-order valence-electron chi connectivity index (χ0n) is 20.4. The van der Waals surface area contributed by atoms with Crippen LogP contribution in [-0.2, 0) is 0 Å². The minimum absolute atomic E-state index is 0.0157. The van der Waals surface area contributed by atoms with E-state index >= 15 is 0 Å². The first-order valence-corrected chi connectivity index (χ1v) is 12.4. The van der Waals surface area contributed by atoms with Crippen LogP contribution in [0.5, 0.6) is 17.2 Å². The molecule has 37 heavy (non-hydrogen) atoms. The highest BCUT2D eigenvalue weighted by Gasteiger charge is 2.26. The first-order chi connectivity index (χ1) is 18.0. The topological polar surface area (TPSA) is 75.3 Å². The first kappa shape index (κ1) is 25.0. The Morgan fingerprint density at radius 1 is 1.03 bits per heavy atom. The molecule has 5 rings (SSSR count). The van der Waals surface area contributed by atoms with Crippen molar-refractivity contribution < 1.29 is 23.4 Å². The lowest BCUT2D eigenvalue weighted by Crippen LogP contribution is -2.50. The number of ether oxygens (including phenoxy) is 3. The average Bonchev–Trinajstić information content (AvgIpc) is 2.91. The molecule has 1 fully saturated rings. The van der Waals surface area contributed by atoms with E-state index in [2.05, 4.69) is 20.4 Å². The smallest absolute Gasteiger partial charge is 0.323 e. The maximum absolute atomic E-state index is 13.4. The van der Waals surface area contributed by atoms with Crippen LogP contribution in [0.2, 0.25) is 5.02 Å². The summed E-state index contributed by atoms with van der Waals surface area (Å²) in [6, 6.07) is 16.8. The maximum Gasteiger partial charge on any atom is 0.323 e. The van der Waals surface area contributed by atoms with Crippen molar-refractivity contribution in [3.05, 3.63) is 71.5 Å². The van der Waals surface area contributed by atoms with Crippen molar-refractivity contribution in [1.29, 1.82) is 0 Å². The van der Waals surface area contributed by atoms with Crippen LogP contribution in [0.3, 0.4) is 0 Å². The Morgan fingerprint density at radius 2 is 1.73 bits per heavy atom. The lowest BCUT2D eigenvalue weighted by atomic mass is 10.2. The summed E-state index contributed by atoms with van der Waals surface area (Å²) in [6.45, 7) is 4.62. The molecule has 1 saturated heterocycles. The van der Waals surface area contributed by atoms with E-state index < -0.39 is 11.8 Å². The van der Waals surface area contributed by atoms with Gasteiger partial charge in [-0.3, -0.25) is 4.90 Å². The summed E-state index contributed by atoms with van der Waals surface area (Å²) >= 11 is 5.80. The van der Waals surface area contributed by atoms with Crippen molar-refractivity contribution in [3.8, 4) is 17.2 Å². The van der Waals surface area contributed by atoms with Gasteiger partial charge in [-0.2, -0.15) is 0 Å². The second kappa shape index (κ2) is 11.1. The van der Waals surface area contributed by atoms with Crippen LogP contribution in [-0.4, -0.2) is 63.5 Å². The minimum atomic E-state index is -0.544. The molecule has 10 heteroatoms. The first-order valence-electron chi connectivity index (χ1n) is 12.1. The van der Waals surface area contributed by atoms with Crippen LogP contribution < -0.4 is 29.7 Å². The van der Waals surface area contributed by atoms with Crippen LogP contribution in [0.15, 0.2) is 60.7 Å². The van der Waals surface area contributed by atoms with E-state index in [0.717, 1.165) is 55.7 Å². The Balaban J connectivity index is 1.18. The summed E-state index contributed by atoms with van der Waals surface area (Å²) in [5.41, 5.74) is 1.90. The number of urea groups is 1. The van der Waals surface area contributed by atoms with E-state index in [0.29, 0.717) is 18.0 Å². The van der Waals surface area contributed by atoms with Crippen LogP contribution in [0.25, 0.3) is 0 Å². The summed E-state index contributed by atoms with van der Waals surface area (Å²) in [5, 5.41) is 5.42. The van der Waals surface area contributed by atoms with E-state index in [1.54, 1.807) is 13.2 Å². The molecule has 0 radical (unpaired) electrons. The number of benzene rings is 3. The lowest BCUT2D eigenvalue weighted by Gasteiger charge is -2.38. The van der Waals surface area contributed by atoms with Gasteiger partial charge in [-0.25, -0.2) is 9.18 Å². The predicted octanol–water partition coefficient (Wildman–Crippen LogP) is 5.09. The van der Waals surface area contributed by atoms with Gasteiger partial charge in [0.2, 0.25) is 0 Å². The van der Waals surface area contributed by atoms with Gasteiger partial charge in [-0.1, -0.05) is 23.7 Å². The molecule has 0 bridgehead atoms. The number of nitrogens with one attached hydrogen (secondary N) is 2. The molecule has 194 valence electrons. The monoisotopic (exact) mass is 526 g/mol. The van der Waals surface area contributed by atoms with Crippen LogP contribution in [0, 0.1) is 5.82 Å². The van der Waals surface area contributed by atoms with Crippen LogP contribution >= 0.6 is 11.6 Å². The van der Waals surface area contributed by atoms with E-state index in [1.165, 1.54) is 18.2 Å². The normalized spacial score (nSPS) is 17.3. The number of halogens is 2. The van der Waals surface area contributed by atoms with Gasteiger partial charge in [-0.05, 0) is 48.5 Å². The molecule has 2 N–H and O–H groups in total. The van der Waals surface area contributed by atoms with Gasteiger partial charge in [0.25, 0.3) is 0 Å². The third-order valence-corrected chi connectivity index (χ3v) is 6.65. The lowest BCUT2D eigenvalue weighted by molar-refractivity contribution is 0.0571. The van der Waals surface area contributed by atoms with Gasteiger partial charge < -0.3 is 29.7 Å². The molecule has 0 spiro atoms.